The second-order valence-electron chi connectivity index (χ2n) is 16.8. The number of aliphatic hydroxyl groups excluding tert-OH is 4. The summed E-state index contributed by atoms with van der Waals surface area (Å²) in [6.45, 7) is 1.08. The van der Waals surface area contributed by atoms with Crippen LogP contribution in [0.25, 0.3) is 0 Å². The lowest BCUT2D eigenvalue weighted by atomic mass is 9.91. The Kier molecular flexibility index (Phi) is 26.2. The molecule has 2 aromatic heterocycles. The summed E-state index contributed by atoms with van der Waals surface area (Å²) in [5, 5.41) is 100. The van der Waals surface area contributed by atoms with Crippen LogP contribution in [-0.2, 0) is 83.3 Å². The molecule has 0 bridgehead atoms. The molecular weight excluding hydrogens is 1010 g/mol. The van der Waals surface area contributed by atoms with Crippen LogP contribution in [0.4, 0.5) is 0 Å². The van der Waals surface area contributed by atoms with Crippen molar-refractivity contribution in [2.45, 2.75) is 101 Å². The summed E-state index contributed by atoms with van der Waals surface area (Å²) < 4.78 is 47.6. The Morgan fingerprint density at radius 2 is 1.29 bits per heavy atom. The number of hydrogen-bond acceptors (Lipinski definition) is 22. The van der Waals surface area contributed by atoms with Gasteiger partial charge in [0.2, 0.25) is 23.3 Å². The smallest absolute Gasteiger partial charge is 0.370 e. The molecule has 32 nitrogen and oxygen atoms in total. The fraction of sp³-hybridized carbons (Fsp3) is 0.636. The summed E-state index contributed by atoms with van der Waals surface area (Å²) in [6, 6.07) is -3.00. The number of carboxylic acids is 2. The molecule has 2 aromatic rings. The number of rotatable bonds is 36. The van der Waals surface area contributed by atoms with Crippen LogP contribution in [0.5, 0.6) is 0 Å². The zero-order chi connectivity index (χ0) is 55.6. The lowest BCUT2D eigenvalue weighted by molar-refractivity contribution is -0.154. The molecule has 76 heavy (non-hydrogen) atoms. The van der Waals surface area contributed by atoms with Crippen molar-refractivity contribution in [2.24, 2.45) is 11.5 Å². The molecule has 0 aromatic carbocycles. The monoisotopic (exact) mass is 1080 g/mol. The standard InChI is InChI=1S/C44H68N14O18/c1-3-7-69-11-13-71-15-16-72-14-12-70-8-4-36(64)56(20-28-22-57(54-52-28)5-9-73-38(31(62)24-59)33-17-27(50-43(45)46)18-34(75-33)41(65)66)21-29-23-58(55-53-29)6-10-74-39(32(63)25-60)40-37(49-26(2)61)30(51-44(47)48)19-35(76-40)42(67)68/h1,18-19,22-23,27,30-33,37-40,59-60,62-63H,4-17,20-21,24-25H2,2H3,(H,49,61)(H,65,66)(H,67,68)(H4,45,46,50)(H4,47,48,51)/t27-,30+,31-,32-,33-,37-,38-,39-,40-/m1/s1. The van der Waals surface area contributed by atoms with Gasteiger partial charge in [0.15, 0.2) is 18.0 Å². The van der Waals surface area contributed by atoms with Gasteiger partial charge in [-0.3, -0.25) is 20.4 Å². The molecule has 0 fully saturated rings. The van der Waals surface area contributed by atoms with Gasteiger partial charge in [-0.2, -0.15) is 0 Å². The van der Waals surface area contributed by atoms with Crippen molar-refractivity contribution >= 4 is 35.7 Å². The van der Waals surface area contributed by atoms with E-state index in [1.165, 1.54) is 33.5 Å². The van der Waals surface area contributed by atoms with Gasteiger partial charge in [0.25, 0.3) is 0 Å². The van der Waals surface area contributed by atoms with Crippen LogP contribution in [0.1, 0.15) is 31.2 Å². The molecule has 15 N–H and O–H groups in total. The van der Waals surface area contributed by atoms with Crippen LogP contribution in [0, 0.1) is 23.2 Å². The summed E-state index contributed by atoms with van der Waals surface area (Å²) in [5.74, 6) is -3.52. The first-order chi connectivity index (χ1) is 36.4. The summed E-state index contributed by atoms with van der Waals surface area (Å²) in [6.07, 6.45) is 2.16. The number of nitrogens with two attached hydrogens (primary N) is 2. The third-order valence-corrected chi connectivity index (χ3v) is 11.0. The topological polar surface area (TPSA) is 464 Å². The van der Waals surface area contributed by atoms with Crippen molar-refractivity contribution in [3.05, 3.63) is 47.5 Å². The molecule has 0 aliphatic carbocycles. The van der Waals surface area contributed by atoms with E-state index in [-0.39, 0.29) is 84.6 Å². The Bertz CT molecular complexity index is 2290. The Balaban J connectivity index is 1.42. The molecule has 2 aliphatic heterocycles. The minimum absolute atomic E-state index is 0.0281. The van der Waals surface area contributed by atoms with E-state index in [9.17, 15) is 49.8 Å². The average molecular weight is 1080 g/mol. The maximum atomic E-state index is 13.8. The first-order valence-electron chi connectivity index (χ1n) is 23.8. The summed E-state index contributed by atoms with van der Waals surface area (Å²) >= 11 is 0. The number of aromatic nitrogens is 6. The predicted molar refractivity (Wildman–Crippen MR) is 258 cm³/mol. The Morgan fingerprint density at radius 1 is 0.776 bits per heavy atom. The van der Waals surface area contributed by atoms with Crippen LogP contribution >= 0.6 is 0 Å². The largest absolute Gasteiger partial charge is 0.480 e. The van der Waals surface area contributed by atoms with Crippen LogP contribution in [0.15, 0.2) is 36.1 Å². The van der Waals surface area contributed by atoms with E-state index in [0.717, 1.165) is 6.08 Å². The van der Waals surface area contributed by atoms with Crippen molar-refractivity contribution in [1.29, 1.82) is 10.8 Å². The third kappa shape index (κ3) is 20.9. The molecule has 0 radical (unpaired) electrons. The molecule has 0 unspecified atom stereocenters. The van der Waals surface area contributed by atoms with Gasteiger partial charge < -0.3 is 101 Å². The number of ether oxygens (including phenoxy) is 8. The number of carboxylic acid groups (broad SMARTS) is 2. The molecule has 2 aliphatic rings. The number of aliphatic hydroxyl groups is 4. The van der Waals surface area contributed by atoms with Gasteiger partial charge in [-0.25, -0.2) is 19.0 Å². The minimum Gasteiger partial charge on any atom is -0.480 e. The van der Waals surface area contributed by atoms with E-state index >= 15 is 0 Å². The van der Waals surface area contributed by atoms with Crippen molar-refractivity contribution in [3.8, 4) is 12.3 Å². The number of carbonyl (C=O) groups excluding carboxylic acids is 2. The highest BCUT2D eigenvalue weighted by molar-refractivity contribution is 5.86. The molecule has 9 atom stereocenters. The zero-order valence-electron chi connectivity index (χ0n) is 41.7. The highest BCUT2D eigenvalue weighted by Gasteiger charge is 2.45. The van der Waals surface area contributed by atoms with E-state index in [0.29, 0.717) is 37.8 Å². The lowest BCUT2D eigenvalue weighted by Crippen LogP contribution is -2.64. The van der Waals surface area contributed by atoms with Crippen LogP contribution < -0.4 is 27.4 Å². The molecule has 2 amide bonds. The third-order valence-electron chi connectivity index (χ3n) is 11.0. The number of hydrogen-bond donors (Lipinski definition) is 13. The van der Waals surface area contributed by atoms with Crippen LogP contribution in [0.3, 0.4) is 0 Å². The van der Waals surface area contributed by atoms with Gasteiger partial charge in [-0.1, -0.05) is 16.3 Å². The summed E-state index contributed by atoms with van der Waals surface area (Å²) in [5.41, 5.74) is 11.6. The van der Waals surface area contributed by atoms with E-state index in [1.807, 2.05) is 0 Å². The normalized spacial score (nSPS) is 19.8. The van der Waals surface area contributed by atoms with Gasteiger partial charge in [-0.15, -0.1) is 16.6 Å². The molecular formula is C44H68N14O18. The molecule has 4 heterocycles. The minimum atomic E-state index is -1.65. The van der Waals surface area contributed by atoms with Gasteiger partial charge in [0.1, 0.15) is 48.5 Å². The fourth-order valence-electron chi connectivity index (χ4n) is 7.65. The number of guanidine groups is 2. The van der Waals surface area contributed by atoms with E-state index in [1.54, 1.807) is 6.20 Å². The summed E-state index contributed by atoms with van der Waals surface area (Å²) in [7, 11) is 0. The molecule has 32 heteroatoms. The Labute approximate surface area is 435 Å². The number of amides is 2. The van der Waals surface area contributed by atoms with E-state index in [2.05, 4.69) is 42.5 Å². The second kappa shape index (κ2) is 32.4. The maximum absolute atomic E-state index is 13.8. The van der Waals surface area contributed by atoms with Crippen LogP contribution in [0.2, 0.25) is 0 Å². The molecule has 0 saturated heterocycles. The quantitative estimate of drug-likeness (QED) is 0.0131. The van der Waals surface area contributed by atoms with Crippen molar-refractivity contribution in [2.75, 3.05) is 79.3 Å². The molecule has 4 rings (SSSR count). The predicted octanol–water partition coefficient (Wildman–Crippen LogP) is -5.70. The first-order valence-corrected chi connectivity index (χ1v) is 23.8. The van der Waals surface area contributed by atoms with E-state index in [4.69, 9.17) is 66.6 Å². The van der Waals surface area contributed by atoms with Gasteiger partial charge in [-0.05, 0) is 12.2 Å². The van der Waals surface area contributed by atoms with Gasteiger partial charge in [0, 0.05) is 13.3 Å². The van der Waals surface area contributed by atoms with Gasteiger partial charge in [0.05, 0.1) is 136 Å². The Morgan fingerprint density at radius 3 is 1.80 bits per heavy atom. The lowest BCUT2D eigenvalue weighted by Gasteiger charge is -2.41. The molecule has 0 saturated carbocycles. The highest BCUT2D eigenvalue weighted by atomic mass is 16.6. The van der Waals surface area contributed by atoms with E-state index < -0.39 is 109 Å². The highest BCUT2D eigenvalue weighted by Crippen LogP contribution is 2.26. The van der Waals surface area contributed by atoms with Crippen molar-refractivity contribution in [1.82, 2.24) is 50.8 Å². The molecule has 0 spiro atoms. The number of nitrogens with zero attached hydrogens (tertiary/aromatic N) is 7. The van der Waals surface area contributed by atoms with Crippen molar-refractivity contribution in [3.63, 3.8) is 0 Å². The van der Waals surface area contributed by atoms with Gasteiger partial charge >= 0.3 is 11.9 Å². The number of nitrogens with one attached hydrogen (secondary N) is 5. The molecule has 422 valence electrons. The second-order valence-corrected chi connectivity index (χ2v) is 16.8. The first kappa shape index (κ1) is 61.5. The zero-order valence-corrected chi connectivity index (χ0v) is 41.7. The summed E-state index contributed by atoms with van der Waals surface area (Å²) in [4.78, 5) is 51.3. The number of aliphatic carboxylic acids is 2. The SMILES string of the molecule is C#CCOCCOCCOCCOCCC(=O)N(Cc1cn(CCO[C@H]([C@H](O)CO)[C@H]2C[C@@H](NC(=N)N)C=C(C(=O)O)O2)nn1)Cc1cn(CCO[C@@H]([C@@H]2OC(C(=O)O)=C[C@H](NC(=N)N)[C@H]2NC(C)=O)[C@H](O)CO)nn1. The number of terminal acetylenes is 1. The Hall–Kier alpha value is -7.06. The van der Waals surface area contributed by atoms with Crippen LogP contribution in [-0.4, -0.2) is 235 Å². The maximum Gasteiger partial charge on any atom is 0.370 e. The van der Waals surface area contributed by atoms with Crippen molar-refractivity contribution < 1.29 is 87.7 Å². The average Bonchev–Trinajstić information content (AvgIpc) is 4.03. The fourth-order valence-corrected chi connectivity index (χ4v) is 7.65. The number of carbonyl (C=O) groups is 4.